The van der Waals surface area contributed by atoms with E-state index in [9.17, 15) is 0 Å². The molecule has 5 heteroatoms. The molecule has 1 aromatic carbocycles. The van der Waals surface area contributed by atoms with Gasteiger partial charge in [-0.2, -0.15) is 5.10 Å². The lowest BCUT2D eigenvalue weighted by molar-refractivity contribution is 0.877. The van der Waals surface area contributed by atoms with Crippen LogP contribution >= 0.6 is 0 Å². The number of benzene rings is 1. The molecule has 0 fully saturated rings. The highest BCUT2D eigenvalue weighted by Gasteiger charge is 2.10. The molecule has 0 aliphatic rings. The minimum atomic E-state index is 1.09. The number of rotatable bonds is 3. The molecule has 5 nitrogen and oxygen atoms in total. The minimum Gasteiger partial charge on any atom is -0.318 e. The van der Waals surface area contributed by atoms with E-state index >= 15 is 0 Å². The van der Waals surface area contributed by atoms with E-state index in [0.717, 1.165) is 5.56 Å². The first-order valence-electron chi connectivity index (χ1n) is 7.21. The number of aryl methyl sites for hydroxylation is 3. The molecule has 3 rings (SSSR count). The van der Waals surface area contributed by atoms with Crippen molar-refractivity contribution >= 4 is 6.21 Å². The van der Waals surface area contributed by atoms with Crippen molar-refractivity contribution in [3.05, 3.63) is 65.0 Å². The minimum absolute atomic E-state index is 1.09. The third-order valence-corrected chi connectivity index (χ3v) is 3.67. The topological polar surface area (TPSA) is 48.0 Å². The second kappa shape index (κ2) is 5.60. The number of aromatic nitrogens is 4. The van der Waals surface area contributed by atoms with Crippen LogP contribution in [0.2, 0.25) is 0 Å². The van der Waals surface area contributed by atoms with Crippen molar-refractivity contribution in [1.82, 2.24) is 19.4 Å². The van der Waals surface area contributed by atoms with Crippen LogP contribution in [0.1, 0.15) is 28.1 Å². The molecule has 112 valence electrons. The zero-order valence-corrected chi connectivity index (χ0v) is 13.3. The molecule has 3 aromatic rings. The molecule has 0 amide bonds. The van der Waals surface area contributed by atoms with Gasteiger partial charge in [0.2, 0.25) is 0 Å². The maximum atomic E-state index is 4.33. The van der Waals surface area contributed by atoms with Gasteiger partial charge in [0.15, 0.2) is 0 Å². The Morgan fingerprint density at radius 3 is 2.18 bits per heavy atom. The summed E-state index contributed by atoms with van der Waals surface area (Å²) in [6.45, 7) is 8.47. The zero-order valence-electron chi connectivity index (χ0n) is 13.3. The maximum absolute atomic E-state index is 4.33. The Hall–Kier alpha value is -2.69. The molecule has 0 radical (unpaired) electrons. The van der Waals surface area contributed by atoms with Crippen LogP contribution < -0.4 is 0 Å². The first-order valence-corrected chi connectivity index (χ1v) is 7.21. The van der Waals surface area contributed by atoms with E-state index in [1.54, 1.807) is 17.3 Å². The van der Waals surface area contributed by atoms with Gasteiger partial charge in [0.05, 0.1) is 6.21 Å². The smallest absolute Gasteiger partial charge is 0.141 e. The summed E-state index contributed by atoms with van der Waals surface area (Å²) in [5.41, 5.74) is 7.17. The highest BCUT2D eigenvalue weighted by Crippen LogP contribution is 2.21. The van der Waals surface area contributed by atoms with E-state index < -0.39 is 0 Å². The summed E-state index contributed by atoms with van der Waals surface area (Å²) in [5, 5.41) is 11.8. The molecular weight excluding hydrogens is 274 g/mol. The van der Waals surface area contributed by atoms with Crippen LogP contribution in [0.25, 0.3) is 5.69 Å². The summed E-state index contributed by atoms with van der Waals surface area (Å²) in [7, 11) is 0. The predicted molar refractivity (Wildman–Crippen MR) is 87.7 cm³/mol. The lowest BCUT2D eigenvalue weighted by Crippen LogP contribution is -2.00. The van der Waals surface area contributed by atoms with Crippen molar-refractivity contribution < 1.29 is 0 Å². The highest BCUT2D eigenvalue weighted by atomic mass is 15.4. The first-order chi connectivity index (χ1) is 10.5. The molecule has 0 spiro atoms. The van der Waals surface area contributed by atoms with E-state index in [1.807, 2.05) is 6.21 Å². The standard InChI is InChI=1S/C17H19N5/c1-12-5-13(2)7-17(6-12)22-14(3)8-16(15(22)4)9-20-21-10-18-19-11-21/h5-11H,1-4H3/b20-9+. The van der Waals surface area contributed by atoms with Crippen molar-refractivity contribution in [3.63, 3.8) is 0 Å². The van der Waals surface area contributed by atoms with Crippen LogP contribution in [-0.2, 0) is 0 Å². The van der Waals surface area contributed by atoms with Crippen molar-refractivity contribution in [2.24, 2.45) is 5.10 Å². The molecule has 0 saturated heterocycles. The summed E-state index contributed by atoms with van der Waals surface area (Å²) < 4.78 is 3.84. The van der Waals surface area contributed by atoms with Gasteiger partial charge in [-0.25, -0.2) is 4.68 Å². The van der Waals surface area contributed by atoms with E-state index in [0.29, 0.717) is 0 Å². The van der Waals surface area contributed by atoms with Gasteiger partial charge >= 0.3 is 0 Å². The Bertz CT molecular complexity index is 805. The number of hydrogen-bond donors (Lipinski definition) is 0. The van der Waals surface area contributed by atoms with Crippen molar-refractivity contribution in [3.8, 4) is 5.69 Å². The van der Waals surface area contributed by atoms with Gasteiger partial charge in [-0.3, -0.25) is 0 Å². The van der Waals surface area contributed by atoms with Crippen LogP contribution in [-0.4, -0.2) is 25.7 Å². The quantitative estimate of drug-likeness (QED) is 0.696. The largest absolute Gasteiger partial charge is 0.318 e. The van der Waals surface area contributed by atoms with Gasteiger partial charge in [-0.1, -0.05) is 6.07 Å². The van der Waals surface area contributed by atoms with Crippen molar-refractivity contribution in [2.45, 2.75) is 27.7 Å². The zero-order chi connectivity index (χ0) is 15.7. The summed E-state index contributed by atoms with van der Waals surface area (Å²) in [6.07, 6.45) is 4.98. The maximum Gasteiger partial charge on any atom is 0.141 e. The molecular formula is C17H19N5. The third-order valence-electron chi connectivity index (χ3n) is 3.67. The van der Waals surface area contributed by atoms with Gasteiger partial charge in [0, 0.05) is 22.6 Å². The lowest BCUT2D eigenvalue weighted by Gasteiger charge is -2.11. The molecule has 0 unspecified atom stereocenters. The first kappa shape index (κ1) is 14.3. The van der Waals surface area contributed by atoms with Gasteiger partial charge in [0.1, 0.15) is 12.7 Å². The van der Waals surface area contributed by atoms with Crippen LogP contribution in [0.5, 0.6) is 0 Å². The van der Waals surface area contributed by atoms with E-state index in [2.05, 4.69) is 71.8 Å². The molecule has 0 saturated carbocycles. The molecule has 2 heterocycles. The van der Waals surface area contributed by atoms with Gasteiger partial charge < -0.3 is 4.57 Å². The van der Waals surface area contributed by atoms with Gasteiger partial charge in [0.25, 0.3) is 0 Å². The summed E-state index contributed by atoms with van der Waals surface area (Å²) >= 11 is 0. The van der Waals surface area contributed by atoms with Crippen LogP contribution in [0.4, 0.5) is 0 Å². The highest BCUT2D eigenvalue weighted by molar-refractivity contribution is 5.82. The predicted octanol–water partition coefficient (Wildman–Crippen LogP) is 3.18. The van der Waals surface area contributed by atoms with Crippen molar-refractivity contribution in [2.75, 3.05) is 0 Å². The van der Waals surface area contributed by atoms with E-state index in [1.165, 1.54) is 28.2 Å². The van der Waals surface area contributed by atoms with Gasteiger partial charge in [-0.15, -0.1) is 10.2 Å². The van der Waals surface area contributed by atoms with Crippen LogP contribution in [0.3, 0.4) is 0 Å². The van der Waals surface area contributed by atoms with E-state index in [4.69, 9.17) is 0 Å². The average Bonchev–Trinajstić information content (AvgIpc) is 3.04. The summed E-state index contributed by atoms with van der Waals surface area (Å²) in [4.78, 5) is 0. The molecule has 0 bridgehead atoms. The number of hydrogen-bond acceptors (Lipinski definition) is 3. The number of nitrogens with zero attached hydrogens (tertiary/aromatic N) is 5. The fourth-order valence-corrected chi connectivity index (χ4v) is 2.78. The fraction of sp³-hybridized carbons (Fsp3) is 0.235. The molecule has 0 aliphatic carbocycles. The van der Waals surface area contributed by atoms with Crippen LogP contribution in [0, 0.1) is 27.7 Å². The monoisotopic (exact) mass is 293 g/mol. The lowest BCUT2D eigenvalue weighted by atomic mass is 10.1. The normalized spacial score (nSPS) is 11.5. The fourth-order valence-electron chi connectivity index (χ4n) is 2.78. The molecule has 0 aliphatic heterocycles. The SMILES string of the molecule is Cc1cc(C)cc(-n2c(C)cc(/C=N/n3cnnc3)c2C)c1. The molecule has 0 atom stereocenters. The Morgan fingerprint density at radius 1 is 0.909 bits per heavy atom. The third kappa shape index (κ3) is 2.70. The molecule has 22 heavy (non-hydrogen) atoms. The van der Waals surface area contributed by atoms with Crippen molar-refractivity contribution in [1.29, 1.82) is 0 Å². The Morgan fingerprint density at radius 2 is 1.55 bits per heavy atom. The average molecular weight is 293 g/mol. The van der Waals surface area contributed by atoms with Crippen LogP contribution in [0.15, 0.2) is 42.0 Å². The molecule has 2 aromatic heterocycles. The Labute approximate surface area is 129 Å². The van der Waals surface area contributed by atoms with Gasteiger partial charge in [-0.05, 0) is 57.0 Å². The molecule has 0 N–H and O–H groups in total. The summed E-state index contributed by atoms with van der Waals surface area (Å²) in [6, 6.07) is 8.73. The second-order valence-corrected chi connectivity index (χ2v) is 5.59. The van der Waals surface area contributed by atoms with E-state index in [-0.39, 0.29) is 0 Å². The summed E-state index contributed by atoms with van der Waals surface area (Å²) in [5.74, 6) is 0. The Kier molecular flexibility index (Phi) is 3.63. The second-order valence-electron chi connectivity index (χ2n) is 5.59. The Balaban J connectivity index is 2.03.